The summed E-state index contributed by atoms with van der Waals surface area (Å²) in [6.07, 6.45) is 6.93. The quantitative estimate of drug-likeness (QED) is 0.0597. The molecule has 1 atom stereocenters. The molecule has 0 aliphatic rings. The van der Waals surface area contributed by atoms with Crippen molar-refractivity contribution in [3.63, 3.8) is 0 Å². The van der Waals surface area contributed by atoms with Crippen LogP contribution in [0.1, 0.15) is 95.9 Å². The highest BCUT2D eigenvalue weighted by Crippen LogP contribution is 2.18. The number of carbonyl (C=O) groups is 3. The Morgan fingerprint density at radius 2 is 1.54 bits per heavy atom. The van der Waals surface area contributed by atoms with Crippen molar-refractivity contribution in [1.82, 2.24) is 10.2 Å². The van der Waals surface area contributed by atoms with Gasteiger partial charge in [0.25, 0.3) is 0 Å². The standard InChI is InChI=1S/C13H23N3O5.C10H21NO2.C6H7Cl2F.C5H8/c1-7(2)20-11(18)8(14)6-9(17)10(15)16-12(19)21-13(3,4)5;1-7-8(2)11(6)9(12)13-10(3,4)5;1-2-5(3-7)6(8)4-9;1-3-5-4-2/h6-7,17H,14-15H2,1-5H3,(H,16,19);8H,7H2,1-6H3;3-4H,2H2,1H3;3-5H,1H2,2H3/b8-6-,10-9-;;5-3+,6-4-;5-4-. The fourth-order valence-electron chi connectivity index (χ4n) is 2.34. The van der Waals surface area contributed by atoms with Gasteiger partial charge in [0.2, 0.25) is 0 Å². The number of carbonyl (C=O) groups excluding carboxylic acids is 3. The first kappa shape index (κ1) is 51.2. The number of nitrogens with zero attached hydrogens (tertiary/aromatic N) is 1. The third kappa shape index (κ3) is 31.0. The van der Waals surface area contributed by atoms with E-state index in [1.807, 2.05) is 60.6 Å². The molecule has 0 aromatic rings. The molecule has 278 valence electrons. The van der Waals surface area contributed by atoms with E-state index in [9.17, 15) is 23.9 Å². The Labute approximate surface area is 297 Å². The number of esters is 1. The van der Waals surface area contributed by atoms with Gasteiger partial charge in [-0.3, -0.25) is 5.32 Å². The minimum absolute atomic E-state index is 0.0764. The van der Waals surface area contributed by atoms with Crippen LogP contribution in [-0.2, 0) is 19.0 Å². The van der Waals surface area contributed by atoms with Gasteiger partial charge in [0.05, 0.1) is 11.1 Å². The molecule has 0 aliphatic heterocycles. The zero-order valence-electron chi connectivity index (χ0n) is 30.9. The van der Waals surface area contributed by atoms with Crippen LogP contribution in [-0.4, -0.2) is 58.6 Å². The topological polar surface area (TPSA) is 166 Å². The predicted molar refractivity (Wildman–Crippen MR) is 195 cm³/mol. The van der Waals surface area contributed by atoms with Crippen molar-refractivity contribution in [2.45, 2.75) is 119 Å². The maximum Gasteiger partial charge on any atom is 0.413 e. The van der Waals surface area contributed by atoms with Gasteiger partial charge >= 0.3 is 18.2 Å². The molecule has 0 rings (SSSR count). The van der Waals surface area contributed by atoms with Crippen LogP contribution in [0.15, 0.2) is 70.6 Å². The number of alkyl carbamates (subject to hydrolysis) is 1. The zero-order valence-corrected chi connectivity index (χ0v) is 32.4. The molecule has 2 amide bonds. The summed E-state index contributed by atoms with van der Waals surface area (Å²) >= 11 is 10.7. The zero-order chi connectivity index (χ0) is 38.8. The Bertz CT molecular complexity index is 1140. The van der Waals surface area contributed by atoms with Crippen LogP contribution < -0.4 is 16.8 Å². The van der Waals surface area contributed by atoms with Crippen LogP contribution >= 0.6 is 23.2 Å². The van der Waals surface area contributed by atoms with Crippen LogP contribution in [0.5, 0.6) is 0 Å². The van der Waals surface area contributed by atoms with E-state index in [1.54, 1.807) is 52.6 Å². The summed E-state index contributed by atoms with van der Waals surface area (Å²) in [5.41, 5.74) is 11.3. The van der Waals surface area contributed by atoms with Crippen LogP contribution in [0.3, 0.4) is 0 Å². The first-order valence-corrected chi connectivity index (χ1v) is 16.0. The molecule has 0 fully saturated rings. The summed E-state index contributed by atoms with van der Waals surface area (Å²) in [5, 5.41) is 11.8. The number of ether oxygens (including phenoxy) is 3. The highest BCUT2D eigenvalue weighted by Gasteiger charge is 2.22. The largest absolute Gasteiger partial charge is 0.504 e. The number of nitrogens with two attached hydrogens (primary N) is 2. The van der Waals surface area contributed by atoms with Gasteiger partial charge in [0.1, 0.15) is 29.0 Å². The average Bonchev–Trinajstić information content (AvgIpc) is 2.95. The Kier molecular flexibility index (Phi) is 29.1. The van der Waals surface area contributed by atoms with Crippen LogP contribution in [0.25, 0.3) is 0 Å². The summed E-state index contributed by atoms with van der Waals surface area (Å²) in [4.78, 5) is 35.9. The van der Waals surface area contributed by atoms with E-state index in [0.29, 0.717) is 18.3 Å². The second-order valence-corrected chi connectivity index (χ2v) is 12.7. The second kappa shape index (κ2) is 27.3. The smallest absolute Gasteiger partial charge is 0.413 e. The van der Waals surface area contributed by atoms with Gasteiger partial charge in [-0.25, -0.2) is 18.8 Å². The number of amides is 2. The number of halogens is 3. The van der Waals surface area contributed by atoms with E-state index in [1.165, 1.54) is 5.54 Å². The summed E-state index contributed by atoms with van der Waals surface area (Å²) in [5.74, 6) is -1.79. The fraction of sp³-hybridized carbons (Fsp3) is 0.559. The van der Waals surface area contributed by atoms with E-state index in [0.717, 1.165) is 12.5 Å². The maximum absolute atomic E-state index is 11.6. The van der Waals surface area contributed by atoms with Crippen LogP contribution in [0, 0.1) is 0 Å². The summed E-state index contributed by atoms with van der Waals surface area (Å²) in [7, 11) is 1.77. The molecule has 0 saturated heterocycles. The minimum Gasteiger partial charge on any atom is -0.504 e. The average molecular weight is 726 g/mol. The van der Waals surface area contributed by atoms with Crippen molar-refractivity contribution < 1.29 is 38.1 Å². The van der Waals surface area contributed by atoms with Gasteiger partial charge in [-0.2, -0.15) is 0 Å². The molecule has 6 N–H and O–H groups in total. The molecule has 14 heteroatoms. The molecule has 0 spiro atoms. The van der Waals surface area contributed by atoms with Gasteiger partial charge in [0.15, 0.2) is 5.76 Å². The van der Waals surface area contributed by atoms with Crippen molar-refractivity contribution in [3.8, 4) is 0 Å². The Hall–Kier alpha value is -3.64. The van der Waals surface area contributed by atoms with Gasteiger partial charge in [-0.15, -0.1) is 0 Å². The van der Waals surface area contributed by atoms with Crippen molar-refractivity contribution >= 4 is 41.4 Å². The Morgan fingerprint density at radius 3 is 1.83 bits per heavy atom. The normalized spacial score (nSPS) is 13.2. The van der Waals surface area contributed by atoms with Crippen LogP contribution in [0.4, 0.5) is 14.0 Å². The lowest BCUT2D eigenvalue weighted by molar-refractivity contribution is -0.142. The van der Waals surface area contributed by atoms with E-state index in [-0.39, 0.29) is 29.0 Å². The molecule has 11 nitrogen and oxygen atoms in total. The van der Waals surface area contributed by atoms with E-state index in [4.69, 9.17) is 48.9 Å². The van der Waals surface area contributed by atoms with Gasteiger partial charge < -0.3 is 35.7 Å². The molecule has 48 heavy (non-hydrogen) atoms. The summed E-state index contributed by atoms with van der Waals surface area (Å²) in [6, 6.07) is 0.231. The van der Waals surface area contributed by atoms with Crippen molar-refractivity contribution in [1.29, 1.82) is 0 Å². The number of hydrogen-bond acceptors (Lipinski definition) is 9. The molecule has 0 aliphatic carbocycles. The maximum atomic E-state index is 11.6. The van der Waals surface area contributed by atoms with Gasteiger partial charge in [-0.05, 0) is 87.7 Å². The first-order chi connectivity index (χ1) is 21.9. The fourth-order valence-corrected chi connectivity index (χ4v) is 2.85. The predicted octanol–water partition coefficient (Wildman–Crippen LogP) is 8.96. The Balaban J connectivity index is -0.000000304. The monoisotopic (exact) mass is 724 g/mol. The van der Waals surface area contributed by atoms with E-state index >= 15 is 0 Å². The third-order valence-electron chi connectivity index (χ3n) is 4.96. The highest BCUT2D eigenvalue weighted by atomic mass is 35.5. The van der Waals surface area contributed by atoms with Gasteiger partial charge in [-0.1, -0.05) is 61.9 Å². The number of allylic oxidation sites excluding steroid dienone is 6. The SMILES string of the molecule is C=C/C=C\C.CC(C)OC(=O)/C(N)=C/C(O)=C(\N)NC(=O)OC(C)(C)C.CCC(=C\Cl)/C(Cl)=C/F.CCC(C)N(C)C(=O)OC(C)(C)C. The molecule has 0 saturated carbocycles. The highest BCUT2D eigenvalue weighted by molar-refractivity contribution is 6.33. The molecule has 0 radical (unpaired) electrons. The summed E-state index contributed by atoms with van der Waals surface area (Å²) in [6.45, 7) is 25.3. The number of hydrogen-bond donors (Lipinski definition) is 4. The second-order valence-electron chi connectivity index (χ2n) is 12.0. The van der Waals surface area contributed by atoms with Gasteiger partial charge in [0, 0.05) is 24.7 Å². The lowest BCUT2D eigenvalue weighted by atomic mass is 10.2. The number of nitrogens with one attached hydrogen (secondary N) is 1. The molecule has 0 bridgehead atoms. The number of rotatable bonds is 9. The van der Waals surface area contributed by atoms with Crippen LogP contribution in [0.2, 0.25) is 0 Å². The first-order valence-electron chi connectivity index (χ1n) is 15.2. The lowest BCUT2D eigenvalue weighted by Gasteiger charge is -2.28. The van der Waals surface area contributed by atoms with Crippen molar-refractivity contribution in [3.05, 3.63) is 70.6 Å². The molecular formula is C34H59Cl2FN4O7. The summed E-state index contributed by atoms with van der Waals surface area (Å²) < 4.78 is 26.6. The molecular weight excluding hydrogens is 666 g/mol. The molecule has 0 aromatic heterocycles. The minimum atomic E-state index is -0.844. The van der Waals surface area contributed by atoms with Crippen molar-refractivity contribution in [2.75, 3.05) is 7.05 Å². The molecule has 1 unspecified atom stereocenters. The Morgan fingerprint density at radius 1 is 1.04 bits per heavy atom. The molecule has 0 heterocycles. The van der Waals surface area contributed by atoms with Crippen molar-refractivity contribution in [2.24, 2.45) is 11.5 Å². The molecule has 0 aromatic carbocycles. The van der Waals surface area contributed by atoms with E-state index in [2.05, 4.69) is 11.9 Å². The number of aliphatic hydroxyl groups is 1. The number of aliphatic hydroxyl groups excluding tert-OH is 1. The lowest BCUT2D eigenvalue weighted by Crippen LogP contribution is -2.39. The van der Waals surface area contributed by atoms with E-state index < -0.39 is 34.8 Å². The third-order valence-corrected chi connectivity index (χ3v) is 5.55.